The van der Waals surface area contributed by atoms with E-state index >= 15 is 0 Å². The fourth-order valence-corrected chi connectivity index (χ4v) is 10.7. The van der Waals surface area contributed by atoms with Crippen LogP contribution in [0.15, 0.2) is 228 Å². The van der Waals surface area contributed by atoms with Gasteiger partial charge in [0.05, 0.1) is 17.1 Å². The molecule has 0 bridgehead atoms. The van der Waals surface area contributed by atoms with E-state index in [1.54, 1.807) is 0 Å². The first-order valence-corrected chi connectivity index (χ1v) is 22.7. The van der Waals surface area contributed by atoms with Crippen molar-refractivity contribution in [3.05, 3.63) is 241 Å². The molecule has 0 N–H and O–H groups in total. The lowest BCUT2D eigenvalue weighted by Crippen LogP contribution is -2.20. The summed E-state index contributed by atoms with van der Waals surface area (Å²) in [4.78, 5) is 7.33. The molecule has 1 heterocycles. The summed E-state index contributed by atoms with van der Waals surface area (Å²) in [6.07, 6.45) is 5.53. The molecule has 9 aromatic carbocycles. The van der Waals surface area contributed by atoms with Crippen LogP contribution in [0.4, 0.5) is 34.1 Å². The van der Waals surface area contributed by atoms with Crippen molar-refractivity contribution in [2.75, 3.05) is 9.80 Å². The first kappa shape index (κ1) is 38.6. The fraction of sp³-hybridized carbons (Fsp3) is 0.0667. The molecule has 0 fully saturated rings. The summed E-state index contributed by atoms with van der Waals surface area (Å²) >= 11 is 1.84. The molecule has 0 amide bonds. The van der Waals surface area contributed by atoms with E-state index in [-0.39, 0.29) is 5.41 Å². The molecule has 63 heavy (non-hydrogen) atoms. The van der Waals surface area contributed by atoms with Crippen LogP contribution >= 0.6 is 11.8 Å². The minimum absolute atomic E-state index is 0.122. The van der Waals surface area contributed by atoms with E-state index in [2.05, 4.69) is 254 Å². The van der Waals surface area contributed by atoms with Gasteiger partial charge in [-0.05, 0) is 123 Å². The predicted octanol–water partition coefficient (Wildman–Crippen LogP) is 17.3. The Labute approximate surface area is 375 Å². The molecule has 302 valence electrons. The Hall–Kier alpha value is -7.33. The summed E-state index contributed by atoms with van der Waals surface area (Å²) in [6, 6.07) is 79.6. The zero-order valence-electron chi connectivity index (χ0n) is 35.4. The van der Waals surface area contributed by atoms with E-state index in [4.69, 9.17) is 0 Å². The third-order valence-electron chi connectivity index (χ3n) is 13.0. The van der Waals surface area contributed by atoms with Crippen LogP contribution < -0.4 is 9.80 Å². The van der Waals surface area contributed by atoms with Crippen LogP contribution in [0.5, 0.6) is 0 Å². The maximum Gasteiger partial charge on any atom is 0.0601 e. The molecule has 3 heteroatoms. The Morgan fingerprint density at radius 1 is 0.444 bits per heavy atom. The van der Waals surface area contributed by atoms with Crippen LogP contribution in [0.2, 0.25) is 0 Å². The monoisotopic (exact) mass is 826 g/mol. The maximum atomic E-state index is 2.45. The molecule has 11 rings (SSSR count). The first-order chi connectivity index (χ1) is 31.1. The second kappa shape index (κ2) is 16.2. The SMILES string of the molecule is CCC1(C)c2cc(/C=C/c3ccc(-c4c(-c5ccccc5)cccc4N4c5ccccc5Sc5ccccc54)cc3)ccc2-c2ccc(N(c3ccccc3)c3ccccc3)cc21. The van der Waals surface area contributed by atoms with Crippen molar-refractivity contribution in [1.82, 2.24) is 0 Å². The quantitative estimate of drug-likeness (QED) is 0.134. The zero-order valence-corrected chi connectivity index (χ0v) is 36.3. The van der Waals surface area contributed by atoms with Crippen molar-refractivity contribution in [3.63, 3.8) is 0 Å². The van der Waals surface area contributed by atoms with Crippen LogP contribution in [-0.4, -0.2) is 0 Å². The van der Waals surface area contributed by atoms with Gasteiger partial charge in [-0.25, -0.2) is 0 Å². The van der Waals surface area contributed by atoms with Gasteiger partial charge in [-0.1, -0.05) is 189 Å². The van der Waals surface area contributed by atoms with Crippen LogP contribution in [0, 0.1) is 0 Å². The van der Waals surface area contributed by atoms with Crippen LogP contribution in [0.1, 0.15) is 42.5 Å². The minimum Gasteiger partial charge on any atom is -0.310 e. The number of rotatable bonds is 9. The Bertz CT molecular complexity index is 3050. The van der Waals surface area contributed by atoms with Crippen molar-refractivity contribution in [1.29, 1.82) is 0 Å². The number of anilines is 6. The Morgan fingerprint density at radius 2 is 0.968 bits per heavy atom. The number of para-hydroxylation sites is 4. The first-order valence-electron chi connectivity index (χ1n) is 21.9. The van der Waals surface area contributed by atoms with Crippen molar-refractivity contribution in [2.45, 2.75) is 35.5 Å². The van der Waals surface area contributed by atoms with Crippen molar-refractivity contribution in [2.24, 2.45) is 0 Å². The number of benzene rings is 9. The minimum atomic E-state index is -0.122. The van der Waals surface area contributed by atoms with Gasteiger partial charge in [0, 0.05) is 37.8 Å². The molecule has 0 spiro atoms. The van der Waals surface area contributed by atoms with Gasteiger partial charge >= 0.3 is 0 Å². The summed E-state index contributed by atoms with van der Waals surface area (Å²) in [5.74, 6) is 0. The average Bonchev–Trinajstić information content (AvgIpc) is 3.60. The molecule has 0 saturated carbocycles. The summed E-state index contributed by atoms with van der Waals surface area (Å²) in [7, 11) is 0. The molecule has 0 radical (unpaired) electrons. The van der Waals surface area contributed by atoms with Gasteiger partial charge in [0.2, 0.25) is 0 Å². The second-order valence-corrected chi connectivity index (χ2v) is 17.7. The van der Waals surface area contributed by atoms with Crippen molar-refractivity contribution >= 4 is 58.0 Å². The lowest BCUT2D eigenvalue weighted by molar-refractivity contribution is 0.564. The fourth-order valence-electron chi connectivity index (χ4n) is 9.65. The van der Waals surface area contributed by atoms with Gasteiger partial charge in [0.15, 0.2) is 0 Å². The van der Waals surface area contributed by atoms with E-state index in [1.807, 2.05) is 11.8 Å². The van der Waals surface area contributed by atoms with Gasteiger partial charge in [-0.3, -0.25) is 0 Å². The lowest BCUT2D eigenvalue weighted by atomic mass is 9.77. The third-order valence-corrected chi connectivity index (χ3v) is 14.1. The number of fused-ring (bicyclic) bond motifs is 5. The highest BCUT2D eigenvalue weighted by Gasteiger charge is 2.38. The van der Waals surface area contributed by atoms with Gasteiger partial charge in [-0.2, -0.15) is 0 Å². The van der Waals surface area contributed by atoms with Gasteiger partial charge in [-0.15, -0.1) is 0 Å². The molecule has 0 aromatic heterocycles. The Morgan fingerprint density at radius 3 is 1.60 bits per heavy atom. The van der Waals surface area contributed by atoms with Crippen LogP contribution in [0.3, 0.4) is 0 Å². The molecule has 1 aliphatic heterocycles. The van der Waals surface area contributed by atoms with E-state index in [9.17, 15) is 0 Å². The molecular weight excluding hydrogens is 781 g/mol. The van der Waals surface area contributed by atoms with Crippen molar-refractivity contribution < 1.29 is 0 Å². The predicted molar refractivity (Wildman–Crippen MR) is 268 cm³/mol. The van der Waals surface area contributed by atoms with Gasteiger partial charge in [0.25, 0.3) is 0 Å². The Kier molecular flexibility index (Phi) is 9.91. The molecule has 1 unspecified atom stereocenters. The van der Waals surface area contributed by atoms with E-state index < -0.39 is 0 Å². The van der Waals surface area contributed by atoms with E-state index in [0.717, 1.165) is 29.0 Å². The maximum absolute atomic E-state index is 2.45. The molecule has 0 saturated heterocycles. The highest BCUT2D eigenvalue weighted by molar-refractivity contribution is 7.99. The van der Waals surface area contributed by atoms with Crippen LogP contribution in [0.25, 0.3) is 45.5 Å². The Balaban J connectivity index is 0.933. The summed E-state index contributed by atoms with van der Waals surface area (Å²) in [5.41, 5.74) is 19.5. The van der Waals surface area contributed by atoms with E-state index in [1.165, 1.54) is 76.9 Å². The number of hydrogen-bond acceptors (Lipinski definition) is 3. The second-order valence-electron chi connectivity index (χ2n) is 16.6. The van der Waals surface area contributed by atoms with E-state index in [0.29, 0.717) is 0 Å². The average molecular weight is 827 g/mol. The van der Waals surface area contributed by atoms with Gasteiger partial charge in [0.1, 0.15) is 0 Å². The molecule has 2 nitrogen and oxygen atoms in total. The molecule has 1 atom stereocenters. The summed E-state index contributed by atoms with van der Waals surface area (Å²) in [5, 5.41) is 0. The van der Waals surface area contributed by atoms with Crippen molar-refractivity contribution in [3.8, 4) is 33.4 Å². The largest absolute Gasteiger partial charge is 0.310 e. The summed E-state index contributed by atoms with van der Waals surface area (Å²) < 4.78 is 0. The summed E-state index contributed by atoms with van der Waals surface area (Å²) in [6.45, 7) is 4.75. The number of nitrogens with zero attached hydrogens (tertiary/aromatic N) is 2. The highest BCUT2D eigenvalue weighted by Crippen LogP contribution is 2.55. The lowest BCUT2D eigenvalue weighted by Gasteiger charge is -2.34. The van der Waals surface area contributed by atoms with Gasteiger partial charge < -0.3 is 9.80 Å². The molecule has 2 aliphatic rings. The molecular formula is C60H46N2S. The zero-order chi connectivity index (χ0) is 42.3. The molecule has 1 aliphatic carbocycles. The smallest absolute Gasteiger partial charge is 0.0601 e. The standard InChI is InChI=1S/C60H46N2S/c1-3-60(2)52-40-43(34-38-50(52)51-39-37-48(41-53(51)60)61(46-20-9-5-10-21-46)47-22-11-6-12-23-47)31-30-42-32-35-45(36-33-42)59-49(44-18-7-4-8-19-44)24-17-27-56(59)62-54-25-13-15-28-57(54)63-58-29-16-14-26-55(58)62/h4-41H,3H2,1-2H3/b31-30+. The topological polar surface area (TPSA) is 6.48 Å². The highest BCUT2D eigenvalue weighted by atomic mass is 32.2. The third kappa shape index (κ3) is 6.86. The van der Waals surface area contributed by atoms with Crippen LogP contribution in [-0.2, 0) is 5.41 Å². The normalized spacial score (nSPS) is 14.8. The molecule has 9 aromatic rings. The number of hydrogen-bond donors (Lipinski definition) is 0.